The summed E-state index contributed by atoms with van der Waals surface area (Å²) in [5.41, 5.74) is -1.27. The maximum atomic E-state index is 10.8. The Morgan fingerprint density at radius 1 is 1.25 bits per heavy atom. The van der Waals surface area contributed by atoms with Gasteiger partial charge >= 0.3 is 0 Å². The maximum absolute atomic E-state index is 10.8. The molecule has 6 nitrogen and oxygen atoms in total. The lowest BCUT2D eigenvalue weighted by atomic mass is 9.97. The van der Waals surface area contributed by atoms with Gasteiger partial charge in [0.1, 0.15) is 0 Å². The standard InChI is InChI=1S/C9H20O6S/c1-3-9(16(12,13)14)15-6-8(5-11)7(2)4-10/h7-11H,3-6H2,1-2H3,(H,12,13,14). The number of ether oxygens (including phenoxy) is 1. The SMILES string of the molecule is CCC(OCC(CO)C(C)CO)S(=O)(=O)O. The molecule has 3 atom stereocenters. The van der Waals surface area contributed by atoms with E-state index in [-0.39, 0.29) is 38.1 Å². The fourth-order valence-electron chi connectivity index (χ4n) is 1.19. The van der Waals surface area contributed by atoms with Crippen LogP contribution in [0.15, 0.2) is 0 Å². The van der Waals surface area contributed by atoms with Crippen molar-refractivity contribution in [2.75, 3.05) is 19.8 Å². The zero-order valence-electron chi connectivity index (χ0n) is 9.54. The van der Waals surface area contributed by atoms with Crippen molar-refractivity contribution >= 4 is 10.1 Å². The van der Waals surface area contributed by atoms with E-state index in [9.17, 15) is 8.42 Å². The van der Waals surface area contributed by atoms with E-state index in [0.29, 0.717) is 0 Å². The maximum Gasteiger partial charge on any atom is 0.292 e. The van der Waals surface area contributed by atoms with Crippen LogP contribution in [-0.4, -0.2) is 48.4 Å². The summed E-state index contributed by atoms with van der Waals surface area (Å²) < 4.78 is 35.5. The molecule has 16 heavy (non-hydrogen) atoms. The topological polar surface area (TPSA) is 104 Å². The third-order valence-corrected chi connectivity index (χ3v) is 3.62. The first-order valence-electron chi connectivity index (χ1n) is 5.16. The lowest BCUT2D eigenvalue weighted by Crippen LogP contribution is -2.30. The second-order valence-corrected chi connectivity index (χ2v) is 5.34. The van der Waals surface area contributed by atoms with E-state index >= 15 is 0 Å². The van der Waals surface area contributed by atoms with Crippen molar-refractivity contribution in [2.45, 2.75) is 25.7 Å². The molecule has 0 aromatic heterocycles. The van der Waals surface area contributed by atoms with Crippen LogP contribution >= 0.6 is 0 Å². The van der Waals surface area contributed by atoms with Gasteiger partial charge in [0.25, 0.3) is 10.1 Å². The van der Waals surface area contributed by atoms with Crippen molar-refractivity contribution in [3.8, 4) is 0 Å². The molecule has 0 aliphatic rings. The minimum absolute atomic E-state index is 0.0173. The Labute approximate surface area is 96.0 Å². The molecular formula is C9H20O6S. The van der Waals surface area contributed by atoms with Gasteiger partial charge in [-0.15, -0.1) is 0 Å². The van der Waals surface area contributed by atoms with Crippen molar-refractivity contribution in [1.29, 1.82) is 0 Å². The molecule has 0 rings (SSSR count). The van der Waals surface area contributed by atoms with Gasteiger partial charge in [-0.05, 0) is 12.3 Å². The Bertz CT molecular complexity index is 276. The Morgan fingerprint density at radius 2 is 1.81 bits per heavy atom. The summed E-state index contributed by atoms with van der Waals surface area (Å²) in [4.78, 5) is 0. The second kappa shape index (κ2) is 7.18. The smallest absolute Gasteiger partial charge is 0.292 e. The molecule has 0 heterocycles. The van der Waals surface area contributed by atoms with Gasteiger partial charge in [-0.3, -0.25) is 4.55 Å². The third kappa shape index (κ3) is 5.22. The molecule has 0 radical (unpaired) electrons. The molecule has 0 aromatic rings. The van der Waals surface area contributed by atoms with E-state index in [2.05, 4.69) is 0 Å². The molecule has 7 heteroatoms. The highest BCUT2D eigenvalue weighted by Gasteiger charge is 2.24. The number of aliphatic hydroxyl groups is 2. The minimum Gasteiger partial charge on any atom is -0.396 e. The van der Waals surface area contributed by atoms with Gasteiger partial charge in [0, 0.05) is 19.1 Å². The van der Waals surface area contributed by atoms with Crippen molar-refractivity contribution in [2.24, 2.45) is 11.8 Å². The number of hydrogen-bond donors (Lipinski definition) is 3. The summed E-state index contributed by atoms with van der Waals surface area (Å²) in [5, 5.41) is 17.9. The zero-order chi connectivity index (χ0) is 12.8. The van der Waals surface area contributed by atoms with Crippen molar-refractivity contribution in [1.82, 2.24) is 0 Å². The van der Waals surface area contributed by atoms with Gasteiger partial charge in [-0.2, -0.15) is 8.42 Å². The highest BCUT2D eigenvalue weighted by molar-refractivity contribution is 7.86. The summed E-state index contributed by atoms with van der Waals surface area (Å²) in [6, 6.07) is 0. The summed E-state index contributed by atoms with van der Waals surface area (Å²) in [5.74, 6) is -0.537. The monoisotopic (exact) mass is 256 g/mol. The highest BCUT2D eigenvalue weighted by Crippen LogP contribution is 2.14. The van der Waals surface area contributed by atoms with Gasteiger partial charge in [0.2, 0.25) is 0 Å². The summed E-state index contributed by atoms with van der Waals surface area (Å²) in [6.45, 7) is 2.96. The van der Waals surface area contributed by atoms with Crippen LogP contribution in [0.25, 0.3) is 0 Å². The predicted octanol–water partition coefficient (Wildman–Crippen LogP) is -0.136. The Kier molecular flexibility index (Phi) is 7.09. The summed E-state index contributed by atoms with van der Waals surface area (Å²) >= 11 is 0. The molecule has 0 spiro atoms. The minimum atomic E-state index is -4.22. The average Bonchev–Trinajstić information content (AvgIpc) is 2.21. The number of hydrogen-bond acceptors (Lipinski definition) is 5. The highest BCUT2D eigenvalue weighted by atomic mass is 32.2. The number of rotatable bonds is 8. The lowest BCUT2D eigenvalue weighted by Gasteiger charge is -2.22. The van der Waals surface area contributed by atoms with E-state index < -0.39 is 15.6 Å². The van der Waals surface area contributed by atoms with E-state index in [1.165, 1.54) is 0 Å². The van der Waals surface area contributed by atoms with Gasteiger partial charge < -0.3 is 14.9 Å². The molecular weight excluding hydrogens is 236 g/mol. The molecule has 0 fully saturated rings. The fourth-order valence-corrected chi connectivity index (χ4v) is 1.86. The molecule has 0 aromatic carbocycles. The van der Waals surface area contributed by atoms with Crippen LogP contribution in [0.4, 0.5) is 0 Å². The van der Waals surface area contributed by atoms with Crippen molar-refractivity contribution in [3.05, 3.63) is 0 Å². The zero-order valence-corrected chi connectivity index (χ0v) is 10.4. The average molecular weight is 256 g/mol. The molecule has 0 bridgehead atoms. The van der Waals surface area contributed by atoms with Crippen LogP contribution in [0.2, 0.25) is 0 Å². The van der Waals surface area contributed by atoms with Gasteiger partial charge in [0.05, 0.1) is 6.61 Å². The molecule has 0 amide bonds. The van der Waals surface area contributed by atoms with Crippen molar-refractivity contribution < 1.29 is 27.9 Å². The molecule has 98 valence electrons. The first-order valence-corrected chi connectivity index (χ1v) is 6.66. The summed E-state index contributed by atoms with van der Waals surface area (Å²) in [7, 11) is -4.22. The van der Waals surface area contributed by atoms with Crippen molar-refractivity contribution in [3.63, 3.8) is 0 Å². The first-order chi connectivity index (χ1) is 7.36. The Morgan fingerprint density at radius 3 is 2.12 bits per heavy atom. The first kappa shape index (κ1) is 15.8. The van der Waals surface area contributed by atoms with Crippen LogP contribution in [0.5, 0.6) is 0 Å². The van der Waals surface area contributed by atoms with Crippen LogP contribution in [0, 0.1) is 11.8 Å². The summed E-state index contributed by atoms with van der Waals surface area (Å²) in [6.07, 6.45) is 0.129. The van der Waals surface area contributed by atoms with E-state index in [1.807, 2.05) is 0 Å². The predicted molar refractivity (Wildman–Crippen MR) is 58.4 cm³/mol. The quantitative estimate of drug-likeness (QED) is 0.522. The molecule has 0 aliphatic heterocycles. The fraction of sp³-hybridized carbons (Fsp3) is 1.00. The molecule has 0 saturated carbocycles. The third-order valence-electron chi connectivity index (χ3n) is 2.49. The second-order valence-electron chi connectivity index (χ2n) is 3.79. The van der Waals surface area contributed by atoms with Gasteiger partial charge in [-0.25, -0.2) is 0 Å². The number of aliphatic hydroxyl groups excluding tert-OH is 2. The van der Waals surface area contributed by atoms with E-state index in [1.54, 1.807) is 13.8 Å². The molecule has 3 N–H and O–H groups in total. The molecule has 3 unspecified atom stereocenters. The van der Waals surface area contributed by atoms with Crippen LogP contribution < -0.4 is 0 Å². The van der Waals surface area contributed by atoms with E-state index in [4.69, 9.17) is 19.5 Å². The van der Waals surface area contributed by atoms with Crippen LogP contribution in [0.3, 0.4) is 0 Å². The van der Waals surface area contributed by atoms with Crippen LogP contribution in [0.1, 0.15) is 20.3 Å². The molecule has 0 aliphatic carbocycles. The van der Waals surface area contributed by atoms with Crippen LogP contribution in [-0.2, 0) is 14.9 Å². The Balaban J connectivity index is 4.29. The van der Waals surface area contributed by atoms with E-state index in [0.717, 1.165) is 0 Å². The van der Waals surface area contributed by atoms with Gasteiger partial charge in [0.15, 0.2) is 5.44 Å². The normalized spacial score (nSPS) is 18.1. The Hall–Kier alpha value is -0.210. The van der Waals surface area contributed by atoms with Gasteiger partial charge in [-0.1, -0.05) is 13.8 Å². The lowest BCUT2D eigenvalue weighted by molar-refractivity contribution is 0.0178. The largest absolute Gasteiger partial charge is 0.396 e. The molecule has 0 saturated heterocycles.